The van der Waals surface area contributed by atoms with Crippen molar-refractivity contribution < 1.29 is 4.79 Å². The molecule has 0 unspecified atom stereocenters. The third kappa shape index (κ3) is 3.54. The fraction of sp³-hybridized carbons (Fsp3) is 0.476. The number of aromatic nitrogens is 5. The quantitative estimate of drug-likeness (QED) is 0.441. The van der Waals surface area contributed by atoms with Crippen molar-refractivity contribution in [3.8, 4) is 0 Å². The zero-order valence-electron chi connectivity index (χ0n) is 17.2. The lowest BCUT2D eigenvalue weighted by Crippen LogP contribution is -2.14. The highest BCUT2D eigenvalue weighted by molar-refractivity contribution is 7.99. The van der Waals surface area contributed by atoms with E-state index in [9.17, 15) is 4.79 Å². The molecular weight excluding hydrogens is 448 g/mol. The van der Waals surface area contributed by atoms with Crippen LogP contribution in [0.15, 0.2) is 11.5 Å². The molecule has 0 fully saturated rings. The fourth-order valence-electron chi connectivity index (χ4n) is 4.51. The van der Waals surface area contributed by atoms with Crippen LogP contribution in [0.5, 0.6) is 0 Å². The maximum atomic E-state index is 12.5. The number of thiazole rings is 1. The predicted molar refractivity (Wildman–Crippen MR) is 125 cm³/mol. The van der Waals surface area contributed by atoms with Gasteiger partial charge in [-0.05, 0) is 56.4 Å². The van der Waals surface area contributed by atoms with E-state index in [0.29, 0.717) is 10.3 Å². The van der Waals surface area contributed by atoms with Crippen molar-refractivity contribution in [2.45, 2.75) is 57.0 Å². The van der Waals surface area contributed by atoms with Crippen LogP contribution in [0.2, 0.25) is 0 Å². The number of nitrogens with one attached hydrogen (secondary N) is 1. The van der Waals surface area contributed by atoms with Gasteiger partial charge in [0, 0.05) is 9.75 Å². The highest BCUT2D eigenvalue weighted by Gasteiger charge is 2.24. The zero-order valence-corrected chi connectivity index (χ0v) is 19.6. The molecular formula is C21H22N6OS3. The molecule has 1 atom stereocenters. The van der Waals surface area contributed by atoms with Crippen molar-refractivity contribution in [1.29, 1.82) is 0 Å². The molecule has 0 saturated heterocycles. The Morgan fingerprint density at radius 3 is 3.03 bits per heavy atom. The number of thiophene rings is 1. The lowest BCUT2D eigenvalue weighted by Gasteiger charge is -2.17. The van der Waals surface area contributed by atoms with Gasteiger partial charge in [0.05, 0.1) is 16.8 Å². The maximum Gasteiger partial charge on any atom is 0.236 e. The topological polar surface area (TPSA) is 85.1 Å². The van der Waals surface area contributed by atoms with Crippen molar-refractivity contribution in [3.63, 3.8) is 0 Å². The van der Waals surface area contributed by atoms with Gasteiger partial charge in [-0.25, -0.2) is 9.97 Å². The van der Waals surface area contributed by atoms with E-state index in [1.54, 1.807) is 29.0 Å². The van der Waals surface area contributed by atoms with Crippen LogP contribution in [0.3, 0.4) is 0 Å². The lowest BCUT2D eigenvalue weighted by atomic mass is 9.89. The van der Waals surface area contributed by atoms with Gasteiger partial charge in [0.15, 0.2) is 15.9 Å². The minimum absolute atomic E-state index is 0.0659. The smallest absolute Gasteiger partial charge is 0.236 e. The van der Waals surface area contributed by atoms with Gasteiger partial charge in [-0.3, -0.25) is 9.20 Å². The molecule has 10 heteroatoms. The Bertz CT molecular complexity index is 1280. The summed E-state index contributed by atoms with van der Waals surface area (Å²) in [5, 5.41) is 14.3. The Morgan fingerprint density at radius 1 is 1.23 bits per heavy atom. The average molecular weight is 471 g/mol. The van der Waals surface area contributed by atoms with Crippen LogP contribution in [-0.4, -0.2) is 36.2 Å². The summed E-state index contributed by atoms with van der Waals surface area (Å²) in [4.78, 5) is 25.6. The van der Waals surface area contributed by atoms with E-state index >= 15 is 0 Å². The number of carbonyl (C=O) groups is 1. The van der Waals surface area contributed by atoms with Crippen LogP contribution < -0.4 is 5.32 Å². The van der Waals surface area contributed by atoms with Gasteiger partial charge < -0.3 is 5.32 Å². The molecule has 7 nitrogen and oxygen atoms in total. The third-order valence-corrected chi connectivity index (χ3v) is 9.27. The second-order valence-electron chi connectivity index (χ2n) is 8.39. The van der Waals surface area contributed by atoms with Crippen molar-refractivity contribution in [1.82, 2.24) is 24.6 Å². The summed E-state index contributed by atoms with van der Waals surface area (Å²) in [6, 6.07) is 0. The van der Waals surface area contributed by atoms with Crippen LogP contribution in [0.1, 0.15) is 47.2 Å². The lowest BCUT2D eigenvalue weighted by molar-refractivity contribution is -0.113. The maximum absolute atomic E-state index is 12.5. The normalized spacial score (nSPS) is 18.3. The Labute approximate surface area is 191 Å². The molecule has 4 heterocycles. The molecule has 0 bridgehead atoms. The third-order valence-electron chi connectivity index (χ3n) is 6.10. The van der Waals surface area contributed by atoms with Crippen LogP contribution in [0, 0.1) is 5.92 Å². The van der Waals surface area contributed by atoms with E-state index in [2.05, 4.69) is 32.4 Å². The largest absolute Gasteiger partial charge is 0.301 e. The minimum Gasteiger partial charge on any atom is -0.301 e. The SMILES string of the molecule is C[C@@H]1CCc2c(sc3ncn4c(SCC(=O)Nc5nc6c(s5)CCCC6)nnc4c23)C1. The number of carbonyl (C=O) groups excluding carboxylic acids is 1. The molecule has 6 rings (SSSR count). The number of nitrogens with zero attached hydrogens (tertiary/aromatic N) is 5. The van der Waals surface area contributed by atoms with Crippen LogP contribution in [0.4, 0.5) is 5.13 Å². The first kappa shape index (κ1) is 19.6. The van der Waals surface area contributed by atoms with Crippen LogP contribution >= 0.6 is 34.4 Å². The number of anilines is 1. The van der Waals surface area contributed by atoms with Crippen molar-refractivity contribution in [3.05, 3.63) is 27.3 Å². The van der Waals surface area contributed by atoms with Crippen molar-refractivity contribution >= 4 is 61.3 Å². The summed E-state index contributed by atoms with van der Waals surface area (Å²) < 4.78 is 1.92. The van der Waals surface area contributed by atoms with Gasteiger partial charge in [0.25, 0.3) is 0 Å². The van der Waals surface area contributed by atoms with E-state index in [1.165, 1.54) is 46.3 Å². The molecule has 1 N–H and O–H groups in total. The second-order valence-corrected chi connectivity index (χ2v) is 11.5. The fourth-order valence-corrected chi connectivity index (χ4v) is 7.62. The molecule has 4 aromatic heterocycles. The van der Waals surface area contributed by atoms with Gasteiger partial charge in [-0.2, -0.15) is 0 Å². The molecule has 2 aliphatic rings. The predicted octanol–water partition coefficient (Wildman–Crippen LogP) is 4.53. The zero-order chi connectivity index (χ0) is 20.9. The minimum atomic E-state index is -0.0659. The number of amides is 1. The Hall–Kier alpha value is -2.04. The first-order chi connectivity index (χ1) is 15.2. The second kappa shape index (κ2) is 7.83. The van der Waals surface area contributed by atoms with Gasteiger partial charge in [-0.1, -0.05) is 18.7 Å². The summed E-state index contributed by atoms with van der Waals surface area (Å²) in [5.74, 6) is 0.925. The molecule has 1 amide bonds. The van der Waals surface area contributed by atoms with Crippen molar-refractivity contribution in [2.24, 2.45) is 5.92 Å². The molecule has 4 aromatic rings. The first-order valence-corrected chi connectivity index (χ1v) is 13.3. The van der Waals surface area contributed by atoms with Crippen molar-refractivity contribution in [2.75, 3.05) is 11.1 Å². The number of hydrogen-bond acceptors (Lipinski definition) is 8. The van der Waals surface area contributed by atoms with Gasteiger partial charge >= 0.3 is 0 Å². The Balaban J connectivity index is 1.21. The molecule has 0 saturated carbocycles. The van der Waals surface area contributed by atoms with Gasteiger partial charge in [-0.15, -0.1) is 32.9 Å². The summed E-state index contributed by atoms with van der Waals surface area (Å²) >= 11 is 4.79. The van der Waals surface area contributed by atoms with E-state index in [4.69, 9.17) is 0 Å². The standard InChI is InChI=1S/C21H22N6OS3/c1-11-6-7-12-15(8-11)30-19-17(12)18-25-26-21(27(18)10-22-19)29-9-16(28)24-20-23-13-4-2-3-5-14(13)31-20/h10-11H,2-9H2,1H3,(H,23,24,28)/t11-/m1/s1. The van der Waals surface area contributed by atoms with Crippen LogP contribution in [0.25, 0.3) is 15.9 Å². The molecule has 0 spiro atoms. The summed E-state index contributed by atoms with van der Waals surface area (Å²) in [5.41, 5.74) is 3.41. The monoisotopic (exact) mass is 470 g/mol. The van der Waals surface area contributed by atoms with Crippen LogP contribution in [-0.2, 0) is 30.5 Å². The number of fused-ring (bicyclic) bond motifs is 6. The van der Waals surface area contributed by atoms with Gasteiger partial charge in [0.1, 0.15) is 11.2 Å². The number of aryl methyl sites for hydroxylation is 3. The molecule has 160 valence electrons. The number of thioether (sulfide) groups is 1. The number of rotatable bonds is 4. The van der Waals surface area contributed by atoms with E-state index in [-0.39, 0.29) is 11.7 Å². The highest BCUT2D eigenvalue weighted by atomic mass is 32.2. The van der Waals surface area contributed by atoms with E-state index < -0.39 is 0 Å². The molecule has 0 aliphatic heterocycles. The number of hydrogen-bond donors (Lipinski definition) is 1. The molecule has 31 heavy (non-hydrogen) atoms. The highest BCUT2D eigenvalue weighted by Crippen LogP contribution is 2.39. The summed E-state index contributed by atoms with van der Waals surface area (Å²) in [7, 11) is 0. The Kier molecular flexibility index (Phi) is 4.96. The average Bonchev–Trinajstić information content (AvgIpc) is 3.45. The Morgan fingerprint density at radius 2 is 2.13 bits per heavy atom. The van der Waals surface area contributed by atoms with Gasteiger partial charge in [0.2, 0.25) is 5.91 Å². The molecule has 0 radical (unpaired) electrons. The van der Waals surface area contributed by atoms with E-state index in [0.717, 1.165) is 53.2 Å². The molecule has 2 aliphatic carbocycles. The van der Waals surface area contributed by atoms with E-state index in [1.807, 2.05) is 4.40 Å². The summed E-state index contributed by atoms with van der Waals surface area (Å²) in [6.45, 7) is 2.31. The first-order valence-electron chi connectivity index (χ1n) is 10.7. The molecule has 0 aromatic carbocycles. The summed E-state index contributed by atoms with van der Waals surface area (Å²) in [6.07, 6.45) is 9.70.